The molecule has 0 amide bonds. The molecule has 1 rings (SSSR count). The first-order valence-corrected chi connectivity index (χ1v) is 6.79. The SMILES string of the molecule is CCOC(=O)c1cc(CCS(C)(=O)=O)on1. The van der Waals surface area contributed by atoms with Crippen molar-refractivity contribution in [3.63, 3.8) is 0 Å². The van der Waals surface area contributed by atoms with E-state index in [0.717, 1.165) is 6.26 Å². The monoisotopic (exact) mass is 247 g/mol. The molecule has 6 nitrogen and oxygen atoms in total. The van der Waals surface area contributed by atoms with E-state index in [2.05, 4.69) is 5.16 Å². The van der Waals surface area contributed by atoms with Gasteiger partial charge in [0.1, 0.15) is 15.6 Å². The van der Waals surface area contributed by atoms with Crippen LogP contribution in [0.3, 0.4) is 0 Å². The van der Waals surface area contributed by atoms with Crippen LogP contribution in [0.4, 0.5) is 0 Å². The number of hydrogen-bond donors (Lipinski definition) is 0. The predicted molar refractivity (Wildman–Crippen MR) is 55.9 cm³/mol. The van der Waals surface area contributed by atoms with Crippen LogP contribution in [0.2, 0.25) is 0 Å². The van der Waals surface area contributed by atoms with Crippen molar-refractivity contribution in [1.82, 2.24) is 5.16 Å². The third-order valence-corrected chi connectivity index (χ3v) is 2.71. The third-order valence-electron chi connectivity index (χ3n) is 1.76. The second kappa shape index (κ2) is 5.11. The Morgan fingerprint density at radius 2 is 2.25 bits per heavy atom. The van der Waals surface area contributed by atoms with Gasteiger partial charge in [-0.1, -0.05) is 5.16 Å². The molecule has 0 bridgehead atoms. The molecule has 0 radical (unpaired) electrons. The molecule has 0 aliphatic carbocycles. The first-order valence-electron chi connectivity index (χ1n) is 4.73. The molecule has 0 spiro atoms. The Balaban J connectivity index is 2.61. The van der Waals surface area contributed by atoms with Crippen LogP contribution in [0.1, 0.15) is 23.2 Å². The average Bonchev–Trinajstić information content (AvgIpc) is 2.62. The van der Waals surface area contributed by atoms with Crippen LogP contribution in [0.15, 0.2) is 10.6 Å². The molecule has 0 aliphatic rings. The van der Waals surface area contributed by atoms with Gasteiger partial charge in [-0.25, -0.2) is 13.2 Å². The molecule has 0 fully saturated rings. The number of nitrogens with zero attached hydrogens (tertiary/aromatic N) is 1. The van der Waals surface area contributed by atoms with E-state index in [0.29, 0.717) is 5.76 Å². The maximum absolute atomic E-state index is 11.2. The molecule has 0 unspecified atom stereocenters. The minimum absolute atomic E-state index is 0.0372. The summed E-state index contributed by atoms with van der Waals surface area (Å²) in [6.45, 7) is 1.94. The zero-order chi connectivity index (χ0) is 12.2. The second-order valence-electron chi connectivity index (χ2n) is 3.28. The predicted octanol–water partition coefficient (Wildman–Crippen LogP) is 0.438. The van der Waals surface area contributed by atoms with Gasteiger partial charge in [0.15, 0.2) is 5.69 Å². The Labute approximate surface area is 93.5 Å². The first-order chi connectivity index (χ1) is 7.42. The number of ether oxygens (including phenoxy) is 1. The van der Waals surface area contributed by atoms with Crippen LogP contribution in [-0.2, 0) is 21.0 Å². The molecule has 0 atom stereocenters. The fraction of sp³-hybridized carbons (Fsp3) is 0.556. The Morgan fingerprint density at radius 1 is 1.56 bits per heavy atom. The fourth-order valence-corrected chi connectivity index (χ4v) is 1.59. The molecule has 0 saturated heterocycles. The summed E-state index contributed by atoms with van der Waals surface area (Å²) in [5.41, 5.74) is 0.0605. The van der Waals surface area contributed by atoms with Crippen LogP contribution in [-0.4, -0.2) is 38.2 Å². The van der Waals surface area contributed by atoms with Crippen molar-refractivity contribution in [2.75, 3.05) is 18.6 Å². The highest BCUT2D eigenvalue weighted by molar-refractivity contribution is 7.90. The number of aromatic nitrogens is 1. The quantitative estimate of drug-likeness (QED) is 0.702. The third kappa shape index (κ3) is 4.01. The van der Waals surface area contributed by atoms with E-state index in [1.165, 1.54) is 6.07 Å². The lowest BCUT2D eigenvalue weighted by Gasteiger charge is -1.94. The number of aryl methyl sites for hydroxylation is 1. The molecular weight excluding hydrogens is 234 g/mol. The normalized spacial score (nSPS) is 11.4. The van der Waals surface area contributed by atoms with Gasteiger partial charge in [0.05, 0.1) is 12.4 Å². The summed E-state index contributed by atoms with van der Waals surface area (Å²) < 4.78 is 31.3. The molecule has 1 heterocycles. The van der Waals surface area contributed by atoms with E-state index in [4.69, 9.17) is 9.26 Å². The summed E-state index contributed by atoms with van der Waals surface area (Å²) in [6.07, 6.45) is 1.33. The van der Waals surface area contributed by atoms with Crippen molar-refractivity contribution in [2.45, 2.75) is 13.3 Å². The minimum atomic E-state index is -3.05. The molecule has 0 aliphatic heterocycles. The lowest BCUT2D eigenvalue weighted by molar-refractivity contribution is 0.0514. The second-order valence-corrected chi connectivity index (χ2v) is 5.54. The first kappa shape index (κ1) is 12.7. The number of rotatable bonds is 5. The number of carbonyl (C=O) groups is 1. The minimum Gasteiger partial charge on any atom is -0.461 e. The Morgan fingerprint density at radius 3 is 2.81 bits per heavy atom. The van der Waals surface area contributed by atoms with Crippen molar-refractivity contribution in [3.05, 3.63) is 17.5 Å². The van der Waals surface area contributed by atoms with E-state index in [-0.39, 0.29) is 24.5 Å². The largest absolute Gasteiger partial charge is 0.461 e. The van der Waals surface area contributed by atoms with Crippen LogP contribution in [0.25, 0.3) is 0 Å². The van der Waals surface area contributed by atoms with Crippen molar-refractivity contribution >= 4 is 15.8 Å². The molecule has 1 aromatic heterocycles. The Kier molecular flexibility index (Phi) is 4.05. The van der Waals surface area contributed by atoms with Crippen LogP contribution in [0.5, 0.6) is 0 Å². The van der Waals surface area contributed by atoms with Gasteiger partial charge in [0.2, 0.25) is 0 Å². The van der Waals surface area contributed by atoms with Crippen LogP contribution >= 0.6 is 0 Å². The highest BCUT2D eigenvalue weighted by Crippen LogP contribution is 2.06. The van der Waals surface area contributed by atoms with Gasteiger partial charge in [-0.3, -0.25) is 0 Å². The van der Waals surface area contributed by atoms with Crippen molar-refractivity contribution in [1.29, 1.82) is 0 Å². The lowest BCUT2D eigenvalue weighted by Crippen LogP contribution is -2.06. The zero-order valence-electron chi connectivity index (χ0n) is 9.10. The molecule has 0 N–H and O–H groups in total. The van der Waals surface area contributed by atoms with E-state index in [1.807, 2.05) is 0 Å². The summed E-state index contributed by atoms with van der Waals surface area (Å²) in [4.78, 5) is 11.2. The van der Waals surface area contributed by atoms with Gasteiger partial charge in [0, 0.05) is 18.7 Å². The van der Waals surface area contributed by atoms with E-state index in [1.54, 1.807) is 6.92 Å². The van der Waals surface area contributed by atoms with E-state index in [9.17, 15) is 13.2 Å². The van der Waals surface area contributed by atoms with E-state index < -0.39 is 15.8 Å². The van der Waals surface area contributed by atoms with Crippen LogP contribution < -0.4 is 0 Å². The summed E-state index contributed by atoms with van der Waals surface area (Å²) in [7, 11) is -3.05. The maximum Gasteiger partial charge on any atom is 0.360 e. The highest BCUT2D eigenvalue weighted by Gasteiger charge is 2.14. The Hall–Kier alpha value is -1.37. The number of esters is 1. The summed E-state index contributed by atoms with van der Waals surface area (Å²) in [5, 5.41) is 3.49. The molecule has 1 aromatic rings. The van der Waals surface area contributed by atoms with Gasteiger partial charge in [-0.05, 0) is 6.92 Å². The standard InChI is InChI=1S/C9H13NO5S/c1-3-14-9(11)8-6-7(15-10-8)4-5-16(2,12)13/h6H,3-5H2,1-2H3. The maximum atomic E-state index is 11.2. The average molecular weight is 247 g/mol. The smallest absolute Gasteiger partial charge is 0.360 e. The van der Waals surface area contributed by atoms with Gasteiger partial charge in [0.25, 0.3) is 0 Å². The zero-order valence-corrected chi connectivity index (χ0v) is 9.91. The molecule has 0 saturated carbocycles. The molecule has 90 valence electrons. The van der Waals surface area contributed by atoms with Crippen molar-refractivity contribution < 1.29 is 22.5 Å². The molecule has 0 aromatic carbocycles. The fourth-order valence-electron chi connectivity index (χ4n) is 1.02. The Bertz CT molecular complexity index is 462. The van der Waals surface area contributed by atoms with Gasteiger partial charge >= 0.3 is 5.97 Å². The summed E-state index contributed by atoms with van der Waals surface area (Å²) in [6, 6.07) is 1.39. The number of carbonyl (C=O) groups excluding carboxylic acids is 1. The van der Waals surface area contributed by atoms with Crippen molar-refractivity contribution in [3.8, 4) is 0 Å². The lowest BCUT2D eigenvalue weighted by atomic mass is 10.3. The van der Waals surface area contributed by atoms with Gasteiger partial charge < -0.3 is 9.26 Å². The number of hydrogen-bond acceptors (Lipinski definition) is 6. The molecule has 16 heavy (non-hydrogen) atoms. The highest BCUT2D eigenvalue weighted by atomic mass is 32.2. The molecular formula is C9H13NO5S. The van der Waals surface area contributed by atoms with Crippen molar-refractivity contribution in [2.24, 2.45) is 0 Å². The van der Waals surface area contributed by atoms with E-state index >= 15 is 0 Å². The topological polar surface area (TPSA) is 86.5 Å². The van der Waals surface area contributed by atoms with Crippen LogP contribution in [0, 0.1) is 0 Å². The summed E-state index contributed by atoms with van der Waals surface area (Å²) >= 11 is 0. The van der Waals surface area contributed by atoms with Gasteiger partial charge in [-0.2, -0.15) is 0 Å². The molecule has 7 heteroatoms. The summed E-state index contributed by atoms with van der Waals surface area (Å²) in [5.74, 6) is -0.255. The van der Waals surface area contributed by atoms with Gasteiger partial charge in [-0.15, -0.1) is 0 Å². The number of sulfone groups is 1.